The molecule has 0 radical (unpaired) electrons. The van der Waals surface area contributed by atoms with E-state index in [1.54, 1.807) is 6.07 Å². The molecule has 20 heavy (non-hydrogen) atoms. The Bertz CT molecular complexity index is 965. The maximum absolute atomic E-state index is 12.5. The van der Waals surface area contributed by atoms with Crippen LogP contribution in [0.25, 0.3) is 22.1 Å². The summed E-state index contributed by atoms with van der Waals surface area (Å²) < 4.78 is 5.75. The third-order valence-corrected chi connectivity index (χ3v) is 3.30. The number of fused-ring (bicyclic) bond motifs is 2. The normalized spacial score (nSPS) is 10.8. The second kappa shape index (κ2) is 4.07. The van der Waals surface area contributed by atoms with Crippen LogP contribution in [-0.2, 0) is 0 Å². The van der Waals surface area contributed by atoms with Crippen molar-refractivity contribution in [1.82, 2.24) is 0 Å². The van der Waals surface area contributed by atoms with E-state index in [-0.39, 0.29) is 22.5 Å². The highest BCUT2D eigenvalue weighted by Crippen LogP contribution is 2.22. The summed E-state index contributed by atoms with van der Waals surface area (Å²) in [7, 11) is 0. The van der Waals surface area contributed by atoms with Crippen LogP contribution in [0.2, 0.25) is 0 Å². The van der Waals surface area contributed by atoms with Crippen LogP contribution in [-0.4, -0.2) is 0 Å². The lowest BCUT2D eigenvalue weighted by atomic mass is 10.1. The smallest absolute Gasteiger partial charge is 0.299 e. The molecule has 3 N–H and O–H groups in total. The lowest BCUT2D eigenvalue weighted by Crippen LogP contribution is -2.17. The Morgan fingerprint density at radius 2 is 2.00 bits per heavy atom. The highest BCUT2D eigenvalue weighted by molar-refractivity contribution is 5.89. The van der Waals surface area contributed by atoms with Crippen LogP contribution in [0.4, 0.5) is 5.82 Å². The summed E-state index contributed by atoms with van der Waals surface area (Å²) in [6.45, 7) is 3.81. The van der Waals surface area contributed by atoms with Crippen molar-refractivity contribution < 1.29 is 9.40 Å². The van der Waals surface area contributed by atoms with E-state index in [9.17, 15) is 4.79 Å². The molecule has 2 aromatic heterocycles. The lowest BCUT2D eigenvalue weighted by Gasteiger charge is -2.04. The molecule has 2 heterocycles. The maximum atomic E-state index is 12.5. The highest BCUT2D eigenvalue weighted by Gasteiger charge is 2.16. The molecule has 0 aliphatic rings. The van der Waals surface area contributed by atoms with Crippen LogP contribution in [0, 0.1) is 25.2 Å². The summed E-state index contributed by atoms with van der Waals surface area (Å²) in [6, 6.07) is 7.15. The van der Waals surface area contributed by atoms with E-state index >= 15 is 0 Å². The average molecular weight is 266 g/mol. The van der Waals surface area contributed by atoms with E-state index in [0.717, 1.165) is 11.1 Å². The predicted octanol–water partition coefficient (Wildman–Crippen LogP) is 1.83. The van der Waals surface area contributed by atoms with Crippen molar-refractivity contribution >= 4 is 27.9 Å². The van der Waals surface area contributed by atoms with Crippen molar-refractivity contribution in [3.8, 4) is 6.07 Å². The van der Waals surface area contributed by atoms with Gasteiger partial charge in [-0.1, -0.05) is 6.07 Å². The number of benzene rings is 1. The molecular weight excluding hydrogens is 254 g/mol. The number of nitrogen functional groups attached to an aromatic ring is 1. The van der Waals surface area contributed by atoms with Gasteiger partial charge < -0.3 is 4.42 Å². The number of hydrogen-bond donors (Lipinski definition) is 1. The minimum Gasteiger partial charge on any atom is -0.422 e. The van der Waals surface area contributed by atoms with Crippen molar-refractivity contribution in [3.63, 3.8) is 0 Å². The number of hydrogen-bond acceptors (Lipinski definition) is 4. The van der Waals surface area contributed by atoms with Gasteiger partial charge in [-0.15, -0.1) is 0 Å². The highest BCUT2D eigenvalue weighted by atomic mass is 16.3. The summed E-state index contributed by atoms with van der Waals surface area (Å²) in [5, 5.41) is 9.83. The summed E-state index contributed by atoms with van der Waals surface area (Å²) in [6.07, 6.45) is 0. The second-order valence-electron chi connectivity index (χ2n) is 4.84. The third-order valence-electron chi connectivity index (χ3n) is 3.30. The fourth-order valence-corrected chi connectivity index (χ4v) is 2.39. The fraction of sp³-hybridized carbons (Fsp3) is 0.133. The standard InChI is InChI=1S/C15H11N3O2/c1-7-3-8(2)13-10(4-7)12(19)11-5-9(6-16)14(17)18-15(11)20-13/h3-5H,1-2H3,(H2,17,18)/p+1. The molecule has 3 aromatic rings. The number of rotatable bonds is 0. The zero-order valence-corrected chi connectivity index (χ0v) is 11.1. The quantitative estimate of drug-likeness (QED) is 0.628. The molecule has 5 heteroatoms. The zero-order valence-electron chi connectivity index (χ0n) is 11.1. The molecule has 0 fully saturated rings. The molecule has 98 valence electrons. The Hall–Kier alpha value is -2.87. The summed E-state index contributed by atoms with van der Waals surface area (Å²) in [5.74, 6) is 0.187. The van der Waals surface area contributed by atoms with Gasteiger partial charge in [0.1, 0.15) is 22.6 Å². The molecular formula is C15H12N3O2+. The molecule has 0 atom stereocenters. The van der Waals surface area contributed by atoms with Crippen molar-refractivity contribution in [2.24, 2.45) is 0 Å². The van der Waals surface area contributed by atoms with Gasteiger partial charge >= 0.3 is 0 Å². The third kappa shape index (κ3) is 1.62. The van der Waals surface area contributed by atoms with E-state index in [2.05, 4.69) is 4.98 Å². The number of nitrogens with zero attached hydrogens (tertiary/aromatic N) is 1. The summed E-state index contributed by atoms with van der Waals surface area (Å²) >= 11 is 0. The molecule has 0 saturated carbocycles. The Morgan fingerprint density at radius 3 is 2.70 bits per heavy atom. The van der Waals surface area contributed by atoms with Crippen molar-refractivity contribution in [2.45, 2.75) is 13.8 Å². The SMILES string of the molecule is Cc1cc(C)c2oc3[nH+]c(N)c(C#N)cc3c(=O)c2c1. The van der Waals surface area contributed by atoms with Crippen molar-refractivity contribution in [3.05, 3.63) is 45.1 Å². The van der Waals surface area contributed by atoms with Crippen LogP contribution in [0.5, 0.6) is 0 Å². The number of nitriles is 1. The van der Waals surface area contributed by atoms with Gasteiger partial charge in [-0.25, -0.2) is 4.98 Å². The number of aryl methyl sites for hydroxylation is 2. The molecule has 0 amide bonds. The van der Waals surface area contributed by atoms with Crippen LogP contribution in [0.15, 0.2) is 27.4 Å². The van der Waals surface area contributed by atoms with E-state index < -0.39 is 0 Å². The number of nitrogens with two attached hydrogens (primary N) is 1. The first-order chi connectivity index (χ1) is 9.51. The number of pyridine rings is 1. The predicted molar refractivity (Wildman–Crippen MR) is 75.1 cm³/mol. The van der Waals surface area contributed by atoms with Gasteiger partial charge in [-0.3, -0.25) is 10.5 Å². The summed E-state index contributed by atoms with van der Waals surface area (Å²) in [4.78, 5) is 15.3. The Morgan fingerprint density at radius 1 is 1.25 bits per heavy atom. The average Bonchev–Trinajstić information content (AvgIpc) is 2.40. The van der Waals surface area contributed by atoms with Crippen molar-refractivity contribution in [2.75, 3.05) is 5.73 Å². The number of H-pyrrole nitrogens is 1. The van der Waals surface area contributed by atoms with Crippen LogP contribution in [0.3, 0.4) is 0 Å². The fourth-order valence-electron chi connectivity index (χ4n) is 2.39. The number of anilines is 1. The molecule has 0 spiro atoms. The first-order valence-corrected chi connectivity index (χ1v) is 6.11. The lowest BCUT2D eigenvalue weighted by molar-refractivity contribution is -0.338. The van der Waals surface area contributed by atoms with E-state index in [1.165, 1.54) is 6.07 Å². The van der Waals surface area contributed by atoms with Crippen LogP contribution < -0.4 is 16.1 Å². The zero-order chi connectivity index (χ0) is 14.4. The Kier molecular flexibility index (Phi) is 2.48. The van der Waals surface area contributed by atoms with Crippen LogP contribution >= 0.6 is 0 Å². The van der Waals surface area contributed by atoms with E-state index in [0.29, 0.717) is 16.4 Å². The molecule has 5 nitrogen and oxygen atoms in total. The van der Waals surface area contributed by atoms with Crippen molar-refractivity contribution in [1.29, 1.82) is 5.26 Å². The molecule has 0 aliphatic heterocycles. The van der Waals surface area contributed by atoms with Gasteiger partial charge in [0.05, 0.1) is 5.39 Å². The van der Waals surface area contributed by atoms with Gasteiger partial charge in [0.2, 0.25) is 5.43 Å². The number of nitrogens with one attached hydrogen (secondary N) is 1. The first kappa shape index (κ1) is 12.2. The Labute approximate surface area is 114 Å². The van der Waals surface area contributed by atoms with Gasteiger partial charge in [0, 0.05) is 0 Å². The van der Waals surface area contributed by atoms with Gasteiger partial charge in [-0.2, -0.15) is 5.26 Å². The maximum Gasteiger partial charge on any atom is 0.299 e. The molecule has 0 bridgehead atoms. The Balaban J connectivity index is 2.59. The van der Waals surface area contributed by atoms with E-state index in [1.807, 2.05) is 26.0 Å². The molecule has 3 rings (SSSR count). The molecule has 0 saturated heterocycles. The van der Waals surface area contributed by atoms with Gasteiger partial charge in [-0.05, 0) is 37.1 Å². The van der Waals surface area contributed by atoms with Crippen LogP contribution in [0.1, 0.15) is 16.7 Å². The topological polar surface area (TPSA) is 94.2 Å². The van der Waals surface area contributed by atoms with E-state index in [4.69, 9.17) is 15.4 Å². The number of aromatic nitrogens is 1. The minimum atomic E-state index is -0.166. The van der Waals surface area contributed by atoms with Gasteiger partial charge in [0.15, 0.2) is 0 Å². The first-order valence-electron chi connectivity index (χ1n) is 6.11. The largest absolute Gasteiger partial charge is 0.422 e. The molecule has 1 aromatic carbocycles. The minimum absolute atomic E-state index is 0.166. The number of aromatic amines is 1. The molecule has 0 unspecified atom stereocenters. The molecule has 0 aliphatic carbocycles. The second-order valence-corrected chi connectivity index (χ2v) is 4.84. The van der Waals surface area contributed by atoms with Gasteiger partial charge in [0.25, 0.3) is 11.5 Å². The monoisotopic (exact) mass is 266 g/mol. The summed E-state index contributed by atoms with van der Waals surface area (Å²) in [5.41, 5.74) is 8.47.